The van der Waals surface area contributed by atoms with Gasteiger partial charge in [-0.25, -0.2) is 9.97 Å². The van der Waals surface area contributed by atoms with Crippen molar-refractivity contribution in [3.8, 4) is 0 Å². The zero-order valence-electron chi connectivity index (χ0n) is 11.9. The Labute approximate surface area is 114 Å². The number of aromatic nitrogens is 2. The molecule has 19 heavy (non-hydrogen) atoms. The van der Waals surface area contributed by atoms with Gasteiger partial charge in [-0.2, -0.15) is 0 Å². The van der Waals surface area contributed by atoms with Crippen LogP contribution in [-0.2, 0) is 18.3 Å². The molecular formula is C16H21N3. The molecular weight excluding hydrogens is 234 g/mol. The lowest BCUT2D eigenvalue weighted by Crippen LogP contribution is -2.15. The molecule has 100 valence electrons. The molecule has 0 aliphatic rings. The van der Waals surface area contributed by atoms with E-state index in [0.29, 0.717) is 0 Å². The van der Waals surface area contributed by atoms with Crippen molar-refractivity contribution in [2.45, 2.75) is 39.0 Å². The number of anilines is 1. The number of nitrogen functional groups attached to an aromatic ring is 1. The van der Waals surface area contributed by atoms with Crippen molar-refractivity contribution in [1.82, 2.24) is 9.97 Å². The van der Waals surface area contributed by atoms with Gasteiger partial charge in [0.2, 0.25) is 0 Å². The molecule has 0 spiro atoms. The normalized spacial score (nSPS) is 11.5. The molecule has 1 aromatic heterocycles. The fourth-order valence-corrected chi connectivity index (χ4v) is 1.88. The average Bonchev–Trinajstić information content (AvgIpc) is 2.37. The smallest absolute Gasteiger partial charge is 0.128 e. The molecule has 0 bridgehead atoms. The lowest BCUT2D eigenvalue weighted by Gasteiger charge is -2.17. The molecule has 0 fully saturated rings. The Bertz CT molecular complexity index is 539. The van der Waals surface area contributed by atoms with Gasteiger partial charge >= 0.3 is 0 Å². The largest absolute Gasteiger partial charge is 0.399 e. The van der Waals surface area contributed by atoms with E-state index < -0.39 is 0 Å². The molecule has 1 heterocycles. The molecule has 0 unspecified atom stereocenters. The second-order valence-corrected chi connectivity index (χ2v) is 5.85. The summed E-state index contributed by atoms with van der Waals surface area (Å²) >= 11 is 0. The Balaban J connectivity index is 2.05. The highest BCUT2D eigenvalue weighted by Crippen LogP contribution is 2.19. The summed E-state index contributed by atoms with van der Waals surface area (Å²) < 4.78 is 0. The lowest BCUT2D eigenvalue weighted by atomic mass is 9.92. The molecule has 0 saturated heterocycles. The van der Waals surface area contributed by atoms with E-state index in [1.165, 1.54) is 5.56 Å². The standard InChI is InChI=1S/C16H21N3/c1-16(2,3)14-10-11-18-15(19-14)9-6-12-4-7-13(17)8-5-12/h4-5,7-8,10-11H,6,9,17H2,1-3H3. The highest BCUT2D eigenvalue weighted by atomic mass is 14.9. The predicted molar refractivity (Wildman–Crippen MR) is 79.0 cm³/mol. The predicted octanol–water partition coefficient (Wildman–Crippen LogP) is 3.14. The maximum absolute atomic E-state index is 5.68. The van der Waals surface area contributed by atoms with Gasteiger partial charge < -0.3 is 5.73 Å². The van der Waals surface area contributed by atoms with Crippen LogP contribution in [0.4, 0.5) is 5.69 Å². The third kappa shape index (κ3) is 3.78. The summed E-state index contributed by atoms with van der Waals surface area (Å²) in [7, 11) is 0. The Hall–Kier alpha value is -1.90. The van der Waals surface area contributed by atoms with E-state index in [1.54, 1.807) is 0 Å². The maximum Gasteiger partial charge on any atom is 0.128 e. The van der Waals surface area contributed by atoms with Gasteiger partial charge in [-0.15, -0.1) is 0 Å². The molecule has 0 radical (unpaired) electrons. The Morgan fingerprint density at radius 3 is 2.32 bits per heavy atom. The first-order chi connectivity index (χ1) is 8.95. The molecule has 3 heteroatoms. The van der Waals surface area contributed by atoms with Crippen molar-refractivity contribution in [3.05, 3.63) is 53.6 Å². The van der Waals surface area contributed by atoms with Gasteiger partial charge in [-0.3, -0.25) is 0 Å². The highest BCUT2D eigenvalue weighted by molar-refractivity contribution is 5.39. The summed E-state index contributed by atoms with van der Waals surface area (Å²) in [6.45, 7) is 6.50. The number of aryl methyl sites for hydroxylation is 2. The van der Waals surface area contributed by atoms with Crippen molar-refractivity contribution in [1.29, 1.82) is 0 Å². The molecule has 0 saturated carbocycles. The van der Waals surface area contributed by atoms with Crippen LogP contribution in [0, 0.1) is 0 Å². The first kappa shape index (κ1) is 13.5. The monoisotopic (exact) mass is 255 g/mol. The third-order valence-corrected chi connectivity index (χ3v) is 3.09. The SMILES string of the molecule is CC(C)(C)c1ccnc(CCc2ccc(N)cc2)n1. The third-order valence-electron chi connectivity index (χ3n) is 3.09. The van der Waals surface area contributed by atoms with Crippen LogP contribution < -0.4 is 5.73 Å². The molecule has 1 aromatic carbocycles. The van der Waals surface area contributed by atoms with Crippen LogP contribution in [0.5, 0.6) is 0 Å². The van der Waals surface area contributed by atoms with E-state index in [-0.39, 0.29) is 5.41 Å². The van der Waals surface area contributed by atoms with Crippen molar-refractivity contribution in [3.63, 3.8) is 0 Å². The summed E-state index contributed by atoms with van der Waals surface area (Å²) in [5.41, 5.74) is 8.90. The zero-order valence-corrected chi connectivity index (χ0v) is 11.9. The van der Waals surface area contributed by atoms with E-state index >= 15 is 0 Å². The second kappa shape index (κ2) is 5.39. The van der Waals surface area contributed by atoms with Gasteiger partial charge in [0.05, 0.1) is 0 Å². The summed E-state index contributed by atoms with van der Waals surface area (Å²) in [5, 5.41) is 0. The van der Waals surface area contributed by atoms with Gasteiger partial charge in [-0.1, -0.05) is 32.9 Å². The van der Waals surface area contributed by atoms with Gasteiger partial charge in [0.15, 0.2) is 0 Å². The summed E-state index contributed by atoms with van der Waals surface area (Å²) in [6.07, 6.45) is 3.65. The Morgan fingerprint density at radius 1 is 1.00 bits per heavy atom. The van der Waals surface area contributed by atoms with Crippen LogP contribution in [0.2, 0.25) is 0 Å². The Morgan fingerprint density at radius 2 is 1.68 bits per heavy atom. The highest BCUT2D eigenvalue weighted by Gasteiger charge is 2.15. The summed E-state index contributed by atoms with van der Waals surface area (Å²) in [5.74, 6) is 0.907. The fourth-order valence-electron chi connectivity index (χ4n) is 1.88. The molecule has 2 aromatic rings. The topological polar surface area (TPSA) is 51.8 Å². The zero-order chi connectivity index (χ0) is 13.9. The maximum atomic E-state index is 5.68. The van der Waals surface area contributed by atoms with Gasteiger partial charge in [0, 0.05) is 29.4 Å². The minimum absolute atomic E-state index is 0.0683. The van der Waals surface area contributed by atoms with Crippen LogP contribution in [0.1, 0.15) is 37.9 Å². The van der Waals surface area contributed by atoms with E-state index in [2.05, 4.69) is 42.9 Å². The minimum Gasteiger partial charge on any atom is -0.399 e. The number of hydrogen-bond acceptors (Lipinski definition) is 3. The Kier molecular flexibility index (Phi) is 3.84. The fraction of sp³-hybridized carbons (Fsp3) is 0.375. The minimum atomic E-state index is 0.0683. The van der Waals surface area contributed by atoms with E-state index in [9.17, 15) is 0 Å². The van der Waals surface area contributed by atoms with Crippen LogP contribution in [0.3, 0.4) is 0 Å². The molecule has 2 rings (SSSR count). The number of hydrogen-bond donors (Lipinski definition) is 1. The number of benzene rings is 1. The van der Waals surface area contributed by atoms with Crippen molar-refractivity contribution in [2.75, 3.05) is 5.73 Å². The average molecular weight is 255 g/mol. The van der Waals surface area contributed by atoms with Gasteiger partial charge in [0.25, 0.3) is 0 Å². The number of nitrogens with zero attached hydrogens (tertiary/aromatic N) is 2. The molecule has 0 aliphatic heterocycles. The first-order valence-corrected chi connectivity index (χ1v) is 6.62. The molecule has 0 atom stereocenters. The van der Waals surface area contributed by atoms with Crippen molar-refractivity contribution in [2.24, 2.45) is 0 Å². The number of rotatable bonds is 3. The number of nitrogens with two attached hydrogens (primary N) is 1. The molecule has 3 nitrogen and oxygen atoms in total. The quantitative estimate of drug-likeness (QED) is 0.857. The van der Waals surface area contributed by atoms with E-state index in [4.69, 9.17) is 5.73 Å². The van der Waals surface area contributed by atoms with Crippen molar-refractivity contribution < 1.29 is 0 Å². The lowest BCUT2D eigenvalue weighted by molar-refractivity contribution is 0.561. The van der Waals surface area contributed by atoms with Crippen LogP contribution >= 0.6 is 0 Å². The van der Waals surface area contributed by atoms with Crippen molar-refractivity contribution >= 4 is 5.69 Å². The molecule has 0 aliphatic carbocycles. The second-order valence-electron chi connectivity index (χ2n) is 5.85. The molecule has 0 amide bonds. The van der Waals surface area contributed by atoms with Crippen LogP contribution in [0.25, 0.3) is 0 Å². The van der Waals surface area contributed by atoms with Gasteiger partial charge in [0.1, 0.15) is 5.82 Å². The molecule has 2 N–H and O–H groups in total. The first-order valence-electron chi connectivity index (χ1n) is 6.62. The summed E-state index contributed by atoms with van der Waals surface area (Å²) in [6, 6.07) is 9.97. The van der Waals surface area contributed by atoms with E-state index in [1.807, 2.05) is 24.4 Å². The summed E-state index contributed by atoms with van der Waals surface area (Å²) in [4.78, 5) is 8.99. The van der Waals surface area contributed by atoms with Crippen LogP contribution in [0.15, 0.2) is 36.5 Å². The van der Waals surface area contributed by atoms with Crippen LogP contribution in [-0.4, -0.2) is 9.97 Å². The van der Waals surface area contributed by atoms with Gasteiger partial charge in [-0.05, 0) is 30.2 Å². The van der Waals surface area contributed by atoms with E-state index in [0.717, 1.165) is 30.0 Å².